The Morgan fingerprint density at radius 2 is 1.20 bits per heavy atom. The van der Waals surface area contributed by atoms with Crippen LogP contribution in [0, 0.1) is 0 Å². The summed E-state index contributed by atoms with van der Waals surface area (Å²) in [5.74, 6) is 1.04. The zero-order valence-electron chi connectivity index (χ0n) is 29.6. The topological polar surface area (TPSA) is 32.2 Å². The van der Waals surface area contributed by atoms with Gasteiger partial charge in [-0.05, 0) is 75.9 Å². The summed E-state index contributed by atoms with van der Waals surface area (Å²) in [4.78, 5) is 2.43. The molecule has 0 saturated heterocycles. The molecule has 4 aliphatic rings. The molecule has 6 aromatic carbocycles. The molecule has 1 atom stereocenters. The average molecular weight is 693 g/mol. The number of rotatable bonds is 4. The Morgan fingerprint density at radius 1 is 0.556 bits per heavy atom. The highest BCUT2D eigenvalue weighted by molar-refractivity contribution is 6.12. The zero-order chi connectivity index (χ0) is 35.6. The molecule has 1 unspecified atom stereocenters. The van der Waals surface area contributed by atoms with Crippen molar-refractivity contribution >= 4 is 22.3 Å². The quantitative estimate of drug-likeness (QED) is 0.193. The van der Waals surface area contributed by atoms with Gasteiger partial charge in [0.2, 0.25) is 0 Å². The smallest absolute Gasteiger partial charge is 0.111 e. The van der Waals surface area contributed by atoms with Crippen molar-refractivity contribution in [2.45, 2.75) is 6.04 Å². The minimum Gasteiger partial charge on any atom is -0.382 e. The van der Waals surface area contributed by atoms with Crippen molar-refractivity contribution < 1.29 is 0 Å². The van der Waals surface area contributed by atoms with Crippen LogP contribution in [0.15, 0.2) is 211 Å². The number of aromatic nitrogens is 1. The molecule has 54 heavy (non-hydrogen) atoms. The molecule has 4 heteroatoms. The minimum absolute atomic E-state index is 0.0340. The fraction of sp³-hybridized carbons (Fsp3) is 0.0400. The van der Waals surface area contributed by atoms with Crippen molar-refractivity contribution in [1.29, 1.82) is 0 Å². The highest BCUT2D eigenvalue weighted by atomic mass is 15.3. The monoisotopic (exact) mass is 692 g/mol. The molecule has 0 fully saturated rings. The third kappa shape index (κ3) is 4.77. The maximum atomic E-state index is 3.99. The summed E-state index contributed by atoms with van der Waals surface area (Å²) in [6.07, 6.45) is 13.4. The van der Waals surface area contributed by atoms with Crippen LogP contribution in [-0.4, -0.2) is 17.2 Å². The number of hydrogen-bond acceptors (Lipinski definition) is 3. The van der Waals surface area contributed by atoms with Gasteiger partial charge in [-0.3, -0.25) is 4.90 Å². The summed E-state index contributed by atoms with van der Waals surface area (Å²) in [6.45, 7) is 0.829. The molecule has 2 N–H and O–H groups in total. The van der Waals surface area contributed by atoms with Gasteiger partial charge in [-0.15, -0.1) is 0 Å². The third-order valence-electron chi connectivity index (χ3n) is 11.1. The van der Waals surface area contributed by atoms with Gasteiger partial charge in [-0.25, -0.2) is 0 Å². The maximum absolute atomic E-state index is 3.99. The summed E-state index contributed by atoms with van der Waals surface area (Å²) in [6, 6.07) is 55.3. The molecule has 4 nitrogen and oxygen atoms in total. The van der Waals surface area contributed by atoms with E-state index in [-0.39, 0.29) is 6.04 Å². The van der Waals surface area contributed by atoms with Crippen LogP contribution >= 0.6 is 0 Å². The minimum atomic E-state index is 0.0340. The third-order valence-corrected chi connectivity index (χ3v) is 11.1. The van der Waals surface area contributed by atoms with E-state index in [4.69, 9.17) is 0 Å². The van der Waals surface area contributed by atoms with Crippen LogP contribution in [0.3, 0.4) is 0 Å². The van der Waals surface area contributed by atoms with Gasteiger partial charge in [0.1, 0.15) is 5.82 Å². The molecule has 4 heterocycles. The molecule has 11 rings (SSSR count). The molecule has 256 valence electrons. The molecule has 0 saturated carbocycles. The number of allylic oxidation sites excluding steroid dienone is 5. The lowest BCUT2D eigenvalue weighted by atomic mass is 9.90. The SMILES string of the molecule is C1=CC2=C(NC1)C1NC(N3c4ccccc4-c4c(n(-c5cc(-c6ccccc6)cc(-c6ccccc6)c5)c5ccccc45)-c4ccccc43)=CC=C1C=C2. The number of benzene rings is 6. The van der Waals surface area contributed by atoms with Gasteiger partial charge in [-0.2, -0.15) is 0 Å². The Morgan fingerprint density at radius 3 is 1.96 bits per heavy atom. The lowest BCUT2D eigenvalue weighted by Gasteiger charge is -2.38. The first kappa shape index (κ1) is 30.6. The zero-order valence-corrected chi connectivity index (χ0v) is 29.6. The van der Waals surface area contributed by atoms with Crippen LogP contribution in [-0.2, 0) is 0 Å². The maximum Gasteiger partial charge on any atom is 0.111 e. The highest BCUT2D eigenvalue weighted by Crippen LogP contribution is 2.53. The molecular weight excluding hydrogens is 657 g/mol. The van der Waals surface area contributed by atoms with Gasteiger partial charge >= 0.3 is 0 Å². The highest BCUT2D eigenvalue weighted by Gasteiger charge is 2.35. The van der Waals surface area contributed by atoms with Crippen molar-refractivity contribution in [3.05, 3.63) is 211 Å². The predicted molar refractivity (Wildman–Crippen MR) is 224 cm³/mol. The van der Waals surface area contributed by atoms with Crippen LogP contribution in [0.5, 0.6) is 0 Å². The molecule has 7 aromatic rings. The Kier molecular flexibility index (Phi) is 6.96. The van der Waals surface area contributed by atoms with E-state index >= 15 is 0 Å². The number of nitrogens with one attached hydrogen (secondary N) is 2. The Bertz CT molecular complexity index is 2740. The van der Waals surface area contributed by atoms with E-state index in [2.05, 4.69) is 208 Å². The van der Waals surface area contributed by atoms with Gasteiger partial charge < -0.3 is 15.2 Å². The second kappa shape index (κ2) is 12.3. The summed E-state index contributed by atoms with van der Waals surface area (Å²) < 4.78 is 2.50. The molecule has 0 bridgehead atoms. The molecule has 1 aromatic heterocycles. The molecule has 0 spiro atoms. The van der Waals surface area contributed by atoms with Crippen molar-refractivity contribution in [2.75, 3.05) is 11.4 Å². The molecule has 3 aliphatic heterocycles. The molecule has 0 radical (unpaired) electrons. The number of dihydropyridines is 2. The van der Waals surface area contributed by atoms with E-state index in [1.165, 1.54) is 72.4 Å². The van der Waals surface area contributed by atoms with Gasteiger partial charge in [0.05, 0.1) is 28.6 Å². The second-order valence-corrected chi connectivity index (χ2v) is 14.2. The Balaban J connectivity index is 1.18. The largest absolute Gasteiger partial charge is 0.382 e. The van der Waals surface area contributed by atoms with Gasteiger partial charge in [-0.1, -0.05) is 146 Å². The summed E-state index contributed by atoms with van der Waals surface area (Å²) in [7, 11) is 0. The van der Waals surface area contributed by atoms with E-state index in [0.717, 1.165) is 29.4 Å². The fourth-order valence-electron chi connectivity index (χ4n) is 8.74. The van der Waals surface area contributed by atoms with Gasteiger partial charge in [0, 0.05) is 40.0 Å². The first-order valence-electron chi connectivity index (χ1n) is 18.7. The number of nitrogens with zero attached hydrogens (tertiary/aromatic N) is 2. The lowest BCUT2D eigenvalue weighted by Crippen LogP contribution is -2.45. The van der Waals surface area contributed by atoms with Crippen molar-refractivity contribution in [3.8, 4) is 50.3 Å². The van der Waals surface area contributed by atoms with Crippen LogP contribution in [0.25, 0.3) is 61.2 Å². The molecule has 1 aliphatic carbocycles. The number of hydrogen-bond donors (Lipinski definition) is 2. The predicted octanol–water partition coefficient (Wildman–Crippen LogP) is 11.5. The standard InChI is InChI=1S/C50H36N4/c1-3-14-33(15-4-1)37-30-38(34-16-5-2-6-17-34)32-39(31-37)53-43-22-10-7-19-40(43)47-41-20-8-11-23-44(41)54(45-24-12-9-21-42(45)50(47)53)46-28-27-36-26-25-35-18-13-29-51-48(35)49(36)52-46/h1-28,30-32,49,51-52H,29H2. The summed E-state index contributed by atoms with van der Waals surface area (Å²) >= 11 is 0. The van der Waals surface area contributed by atoms with Crippen LogP contribution < -0.4 is 15.5 Å². The van der Waals surface area contributed by atoms with Crippen molar-refractivity contribution in [3.63, 3.8) is 0 Å². The van der Waals surface area contributed by atoms with Crippen molar-refractivity contribution in [2.24, 2.45) is 0 Å². The Labute approximate surface area is 315 Å². The normalized spacial score (nSPS) is 16.5. The van der Waals surface area contributed by atoms with E-state index in [9.17, 15) is 0 Å². The average Bonchev–Trinajstić information content (AvgIpc) is 3.53. The van der Waals surface area contributed by atoms with Gasteiger partial charge in [0.15, 0.2) is 0 Å². The summed E-state index contributed by atoms with van der Waals surface area (Å²) in [5.41, 5.74) is 17.8. The van der Waals surface area contributed by atoms with E-state index in [1.54, 1.807) is 0 Å². The number of anilines is 2. The molecule has 0 amide bonds. The lowest BCUT2D eigenvalue weighted by molar-refractivity contribution is 0.641. The second-order valence-electron chi connectivity index (χ2n) is 14.2. The number of fused-ring (bicyclic) bond motifs is 9. The fourth-order valence-corrected chi connectivity index (χ4v) is 8.74. The first-order valence-corrected chi connectivity index (χ1v) is 18.7. The van der Waals surface area contributed by atoms with Crippen molar-refractivity contribution in [1.82, 2.24) is 15.2 Å². The van der Waals surface area contributed by atoms with Crippen LogP contribution in [0.2, 0.25) is 0 Å². The van der Waals surface area contributed by atoms with Gasteiger partial charge in [0.25, 0.3) is 0 Å². The Hall–Kier alpha value is -7.04. The summed E-state index contributed by atoms with van der Waals surface area (Å²) in [5, 5.41) is 8.89. The number of para-hydroxylation sites is 3. The van der Waals surface area contributed by atoms with E-state index in [1.807, 2.05) is 0 Å². The molecular formula is C50H36N4. The van der Waals surface area contributed by atoms with Crippen LogP contribution in [0.1, 0.15) is 0 Å². The van der Waals surface area contributed by atoms with Crippen LogP contribution in [0.4, 0.5) is 11.4 Å². The van der Waals surface area contributed by atoms with E-state index in [0.29, 0.717) is 0 Å². The first-order chi connectivity index (χ1) is 26.8. The van der Waals surface area contributed by atoms with E-state index < -0.39 is 0 Å².